The Kier molecular flexibility index (Phi) is 4.66. The molecule has 21 heavy (non-hydrogen) atoms. The molecule has 0 unspecified atom stereocenters. The predicted molar refractivity (Wildman–Crippen MR) is 84.3 cm³/mol. The Hall–Kier alpha value is -1.26. The highest BCUT2D eigenvalue weighted by atomic mass is 16.5. The van der Waals surface area contributed by atoms with Gasteiger partial charge in [-0.3, -0.25) is 0 Å². The van der Waals surface area contributed by atoms with E-state index in [9.17, 15) is 0 Å². The Morgan fingerprint density at radius 3 is 2.48 bits per heavy atom. The van der Waals surface area contributed by atoms with Crippen molar-refractivity contribution < 1.29 is 9.47 Å². The topological polar surface area (TPSA) is 33.7 Å². The molecule has 4 nitrogen and oxygen atoms in total. The van der Waals surface area contributed by atoms with Gasteiger partial charge in [-0.15, -0.1) is 0 Å². The molecule has 0 radical (unpaired) electrons. The minimum Gasteiger partial charge on any atom is -0.493 e. The summed E-state index contributed by atoms with van der Waals surface area (Å²) >= 11 is 0. The Morgan fingerprint density at radius 2 is 1.81 bits per heavy atom. The first-order valence-corrected chi connectivity index (χ1v) is 7.95. The highest BCUT2D eigenvalue weighted by Gasteiger charge is 2.32. The molecule has 3 rings (SSSR count). The van der Waals surface area contributed by atoms with Gasteiger partial charge in [0.25, 0.3) is 0 Å². The maximum atomic E-state index is 5.40. The molecule has 1 aromatic rings. The zero-order valence-corrected chi connectivity index (χ0v) is 13.1. The molecule has 116 valence electrons. The average molecular weight is 290 g/mol. The fourth-order valence-electron chi connectivity index (χ4n) is 3.52. The molecule has 1 heterocycles. The van der Waals surface area contributed by atoms with Gasteiger partial charge in [-0.2, -0.15) is 0 Å². The van der Waals surface area contributed by atoms with Crippen molar-refractivity contribution in [3.8, 4) is 11.5 Å². The Morgan fingerprint density at radius 1 is 1.10 bits per heavy atom. The number of benzene rings is 1. The lowest BCUT2D eigenvalue weighted by Gasteiger charge is -2.40. The molecular formula is C17H26N2O2. The SMILES string of the molecule is COc1ccc(C2CC(CN3CCNCC3)C2)cc1OC. The van der Waals surface area contributed by atoms with E-state index in [4.69, 9.17) is 9.47 Å². The van der Waals surface area contributed by atoms with E-state index >= 15 is 0 Å². The van der Waals surface area contributed by atoms with E-state index in [1.807, 2.05) is 6.07 Å². The minimum absolute atomic E-state index is 0.692. The summed E-state index contributed by atoms with van der Waals surface area (Å²) in [6, 6.07) is 6.36. The zero-order valence-electron chi connectivity index (χ0n) is 13.1. The van der Waals surface area contributed by atoms with Crippen LogP contribution in [0.25, 0.3) is 0 Å². The molecule has 0 amide bonds. The van der Waals surface area contributed by atoms with Crippen LogP contribution in [0.1, 0.15) is 24.3 Å². The van der Waals surface area contributed by atoms with Crippen LogP contribution in [0.3, 0.4) is 0 Å². The van der Waals surface area contributed by atoms with Crippen molar-refractivity contribution in [1.29, 1.82) is 0 Å². The van der Waals surface area contributed by atoms with Crippen LogP contribution in [0, 0.1) is 5.92 Å². The third kappa shape index (κ3) is 3.33. The van der Waals surface area contributed by atoms with Crippen molar-refractivity contribution in [3.05, 3.63) is 23.8 Å². The van der Waals surface area contributed by atoms with Crippen molar-refractivity contribution >= 4 is 0 Å². The third-order valence-electron chi connectivity index (χ3n) is 4.84. The van der Waals surface area contributed by atoms with Gasteiger partial charge in [-0.25, -0.2) is 0 Å². The zero-order chi connectivity index (χ0) is 14.7. The lowest BCUT2D eigenvalue weighted by molar-refractivity contribution is 0.146. The molecule has 1 N–H and O–H groups in total. The summed E-state index contributed by atoms with van der Waals surface area (Å²) in [4.78, 5) is 2.60. The third-order valence-corrected chi connectivity index (χ3v) is 4.84. The first-order chi connectivity index (χ1) is 10.3. The monoisotopic (exact) mass is 290 g/mol. The van der Waals surface area contributed by atoms with E-state index in [1.165, 1.54) is 38.0 Å². The second-order valence-electron chi connectivity index (χ2n) is 6.20. The van der Waals surface area contributed by atoms with Gasteiger partial charge in [0, 0.05) is 32.7 Å². The molecule has 0 atom stereocenters. The summed E-state index contributed by atoms with van der Waals surface area (Å²) in [5.74, 6) is 3.22. The van der Waals surface area contributed by atoms with Crippen molar-refractivity contribution in [2.75, 3.05) is 46.9 Å². The van der Waals surface area contributed by atoms with Crippen LogP contribution < -0.4 is 14.8 Å². The number of hydrogen-bond acceptors (Lipinski definition) is 4. The molecule has 1 aliphatic carbocycles. The molecule has 4 heteroatoms. The first kappa shape index (κ1) is 14.7. The fraction of sp³-hybridized carbons (Fsp3) is 0.647. The number of ether oxygens (including phenoxy) is 2. The maximum absolute atomic E-state index is 5.40. The lowest BCUT2D eigenvalue weighted by atomic mass is 9.71. The van der Waals surface area contributed by atoms with Crippen molar-refractivity contribution in [2.24, 2.45) is 5.92 Å². The van der Waals surface area contributed by atoms with E-state index in [1.54, 1.807) is 14.2 Å². The maximum Gasteiger partial charge on any atom is 0.160 e. The summed E-state index contributed by atoms with van der Waals surface area (Å²) in [7, 11) is 3.39. The van der Waals surface area contributed by atoms with Crippen LogP contribution in [0.4, 0.5) is 0 Å². The van der Waals surface area contributed by atoms with E-state index in [0.717, 1.165) is 30.5 Å². The smallest absolute Gasteiger partial charge is 0.160 e. The second-order valence-corrected chi connectivity index (χ2v) is 6.20. The highest BCUT2D eigenvalue weighted by molar-refractivity contribution is 5.44. The normalized spacial score (nSPS) is 26.2. The van der Waals surface area contributed by atoms with Gasteiger partial charge < -0.3 is 19.7 Å². The van der Waals surface area contributed by atoms with Crippen LogP contribution in [0.2, 0.25) is 0 Å². The van der Waals surface area contributed by atoms with Gasteiger partial charge in [-0.1, -0.05) is 6.07 Å². The van der Waals surface area contributed by atoms with E-state index < -0.39 is 0 Å². The molecule has 0 spiro atoms. The van der Waals surface area contributed by atoms with Crippen LogP contribution >= 0.6 is 0 Å². The van der Waals surface area contributed by atoms with Crippen LogP contribution in [-0.4, -0.2) is 51.8 Å². The molecule has 0 aromatic heterocycles. The fourth-order valence-corrected chi connectivity index (χ4v) is 3.52. The summed E-state index contributed by atoms with van der Waals surface area (Å²) in [5.41, 5.74) is 1.39. The number of nitrogens with zero attached hydrogens (tertiary/aromatic N) is 1. The van der Waals surface area contributed by atoms with Crippen LogP contribution in [0.5, 0.6) is 11.5 Å². The van der Waals surface area contributed by atoms with Crippen molar-refractivity contribution in [3.63, 3.8) is 0 Å². The quantitative estimate of drug-likeness (QED) is 0.900. The lowest BCUT2D eigenvalue weighted by Crippen LogP contribution is -2.46. The molecule has 1 aliphatic heterocycles. The largest absolute Gasteiger partial charge is 0.493 e. The molecular weight excluding hydrogens is 264 g/mol. The van der Waals surface area contributed by atoms with Crippen molar-refractivity contribution in [1.82, 2.24) is 10.2 Å². The number of piperazine rings is 1. The molecule has 2 aliphatic rings. The molecule has 1 saturated heterocycles. The van der Waals surface area contributed by atoms with Crippen LogP contribution in [0.15, 0.2) is 18.2 Å². The Balaban J connectivity index is 1.53. The number of hydrogen-bond donors (Lipinski definition) is 1. The van der Waals surface area contributed by atoms with Gasteiger partial charge in [-0.05, 0) is 42.4 Å². The summed E-state index contributed by atoms with van der Waals surface area (Å²) in [5, 5.41) is 3.41. The molecule has 2 fully saturated rings. The van der Waals surface area contributed by atoms with E-state index in [2.05, 4.69) is 22.3 Å². The number of nitrogens with one attached hydrogen (secondary N) is 1. The van der Waals surface area contributed by atoms with Crippen molar-refractivity contribution in [2.45, 2.75) is 18.8 Å². The number of methoxy groups -OCH3 is 2. The highest BCUT2D eigenvalue weighted by Crippen LogP contribution is 2.44. The van der Waals surface area contributed by atoms with E-state index in [0.29, 0.717) is 5.92 Å². The molecule has 1 aromatic carbocycles. The molecule has 1 saturated carbocycles. The minimum atomic E-state index is 0.692. The second kappa shape index (κ2) is 6.67. The van der Waals surface area contributed by atoms with Gasteiger partial charge >= 0.3 is 0 Å². The predicted octanol–water partition coefficient (Wildman–Crippen LogP) is 2.10. The molecule has 0 bridgehead atoms. The van der Waals surface area contributed by atoms with E-state index in [-0.39, 0.29) is 0 Å². The summed E-state index contributed by atoms with van der Waals surface area (Å²) in [6.07, 6.45) is 2.61. The van der Waals surface area contributed by atoms with Crippen LogP contribution in [-0.2, 0) is 0 Å². The average Bonchev–Trinajstić information content (AvgIpc) is 2.51. The van der Waals surface area contributed by atoms with Gasteiger partial charge in [0.2, 0.25) is 0 Å². The van der Waals surface area contributed by atoms with Gasteiger partial charge in [0.15, 0.2) is 11.5 Å². The van der Waals surface area contributed by atoms with Gasteiger partial charge in [0.1, 0.15) is 0 Å². The first-order valence-electron chi connectivity index (χ1n) is 7.95. The Bertz CT molecular complexity index is 466. The standard InChI is InChI=1S/C17H26N2O2/c1-20-16-4-3-14(11-17(16)21-2)15-9-13(10-15)12-19-7-5-18-6-8-19/h3-4,11,13,15,18H,5-10,12H2,1-2H3. The Labute approximate surface area is 127 Å². The van der Waals surface area contributed by atoms with Gasteiger partial charge in [0.05, 0.1) is 14.2 Å². The summed E-state index contributed by atoms with van der Waals surface area (Å²) in [6.45, 7) is 5.97. The summed E-state index contributed by atoms with van der Waals surface area (Å²) < 4.78 is 10.7. The number of rotatable bonds is 5.